The first-order valence-corrected chi connectivity index (χ1v) is 9.76. The number of rotatable bonds is 8. The summed E-state index contributed by atoms with van der Waals surface area (Å²) >= 11 is 7.89. The first kappa shape index (κ1) is 20.6. The number of benzene rings is 1. The van der Waals surface area contributed by atoms with Crippen LogP contribution in [0.3, 0.4) is 0 Å². The Kier molecular flexibility index (Phi) is 7.38. The fourth-order valence-corrected chi connectivity index (χ4v) is 4.09. The molecule has 0 bridgehead atoms. The number of aryl methyl sites for hydroxylation is 2. The van der Waals surface area contributed by atoms with E-state index in [1.54, 1.807) is 11.3 Å². The van der Waals surface area contributed by atoms with Crippen LogP contribution in [-0.2, 0) is 4.79 Å². The third-order valence-corrected chi connectivity index (χ3v) is 5.61. The smallest absolute Gasteiger partial charge is 0.220 e. The molecule has 0 fully saturated rings. The van der Waals surface area contributed by atoms with Gasteiger partial charge in [-0.05, 0) is 45.6 Å². The largest absolute Gasteiger partial charge is 0.354 e. The number of nitrogens with zero attached hydrogens (tertiary/aromatic N) is 1. The van der Waals surface area contributed by atoms with Crippen molar-refractivity contribution in [1.82, 2.24) is 10.2 Å². The maximum atomic E-state index is 12.3. The second kappa shape index (κ2) is 9.31. The Balaban J connectivity index is 1.90. The Bertz CT molecular complexity index is 786. The van der Waals surface area contributed by atoms with Crippen molar-refractivity contribution in [1.29, 1.82) is 0 Å². The quantitative estimate of drug-likeness (QED) is 0.677. The maximum Gasteiger partial charge on any atom is 0.220 e. The lowest BCUT2D eigenvalue weighted by Gasteiger charge is -2.26. The number of hydrogen-bond donors (Lipinski definition) is 1. The molecule has 0 radical (unpaired) electrons. The summed E-state index contributed by atoms with van der Waals surface area (Å²) in [6.07, 6.45) is 0.414. The Hall–Kier alpha value is -1.69. The molecule has 1 amide bonds. The molecular formula is C20H25ClN2O2S. The van der Waals surface area contributed by atoms with Gasteiger partial charge in [0, 0.05) is 39.7 Å². The van der Waals surface area contributed by atoms with Crippen LogP contribution in [-0.4, -0.2) is 37.2 Å². The fraction of sp³-hybridized carbons (Fsp3) is 0.400. The van der Waals surface area contributed by atoms with E-state index in [2.05, 4.69) is 5.32 Å². The lowest BCUT2D eigenvalue weighted by molar-refractivity contribution is -0.121. The Morgan fingerprint density at radius 3 is 2.46 bits per heavy atom. The minimum absolute atomic E-state index is 0.0230. The summed E-state index contributed by atoms with van der Waals surface area (Å²) in [4.78, 5) is 28.6. The van der Waals surface area contributed by atoms with E-state index < -0.39 is 0 Å². The Morgan fingerprint density at radius 2 is 1.88 bits per heavy atom. The van der Waals surface area contributed by atoms with Crippen molar-refractivity contribution in [2.75, 3.05) is 20.6 Å². The van der Waals surface area contributed by atoms with Crippen molar-refractivity contribution < 1.29 is 9.59 Å². The van der Waals surface area contributed by atoms with Crippen molar-refractivity contribution >= 4 is 34.6 Å². The highest BCUT2D eigenvalue weighted by atomic mass is 35.5. The number of thiophene rings is 1. The lowest BCUT2D eigenvalue weighted by Crippen LogP contribution is -2.34. The molecule has 1 heterocycles. The van der Waals surface area contributed by atoms with Crippen LogP contribution in [0.2, 0.25) is 5.02 Å². The summed E-state index contributed by atoms with van der Waals surface area (Å²) in [6.45, 7) is 4.37. The first-order valence-electron chi connectivity index (χ1n) is 8.57. The second-order valence-electron chi connectivity index (χ2n) is 6.56. The highest BCUT2D eigenvalue weighted by molar-refractivity contribution is 7.12. The molecule has 0 aliphatic heterocycles. The second-order valence-corrected chi connectivity index (χ2v) is 8.42. The van der Waals surface area contributed by atoms with Gasteiger partial charge in [0.1, 0.15) is 0 Å². The molecule has 26 heavy (non-hydrogen) atoms. The average molecular weight is 393 g/mol. The molecule has 2 rings (SSSR count). The molecule has 4 nitrogen and oxygen atoms in total. The van der Waals surface area contributed by atoms with Gasteiger partial charge >= 0.3 is 0 Å². The van der Waals surface area contributed by atoms with Crippen LogP contribution < -0.4 is 5.32 Å². The van der Waals surface area contributed by atoms with Crippen molar-refractivity contribution in [3.05, 3.63) is 56.2 Å². The summed E-state index contributed by atoms with van der Waals surface area (Å²) in [5, 5.41) is 3.61. The van der Waals surface area contributed by atoms with E-state index in [-0.39, 0.29) is 30.6 Å². The minimum atomic E-state index is -0.123. The number of ketones is 1. The molecule has 0 spiro atoms. The zero-order valence-corrected chi connectivity index (χ0v) is 17.2. The number of likely N-dealkylation sites (N-methyl/N-ethyl adjacent to an activating group) is 1. The average Bonchev–Trinajstić information content (AvgIpc) is 2.92. The SMILES string of the molecule is Cc1cc(C(=O)CCC(=O)NCC(c2ccccc2Cl)N(C)C)c(C)s1. The predicted molar refractivity (Wildman–Crippen MR) is 108 cm³/mol. The van der Waals surface area contributed by atoms with Gasteiger partial charge < -0.3 is 10.2 Å². The molecule has 0 aliphatic carbocycles. The highest BCUT2D eigenvalue weighted by Gasteiger charge is 2.18. The van der Waals surface area contributed by atoms with Gasteiger partial charge in [-0.15, -0.1) is 11.3 Å². The summed E-state index contributed by atoms with van der Waals surface area (Å²) in [5.41, 5.74) is 1.71. The standard InChI is InChI=1S/C20H25ClN2O2S/c1-13-11-16(14(2)26-13)19(24)9-10-20(25)22-12-18(23(3)4)15-7-5-6-8-17(15)21/h5-8,11,18H,9-10,12H2,1-4H3,(H,22,25). The van der Waals surface area contributed by atoms with E-state index in [4.69, 9.17) is 11.6 Å². The molecule has 6 heteroatoms. The van der Waals surface area contributed by atoms with Gasteiger partial charge in [-0.1, -0.05) is 29.8 Å². The monoisotopic (exact) mass is 392 g/mol. The van der Waals surface area contributed by atoms with Gasteiger partial charge in [0.25, 0.3) is 0 Å². The molecule has 1 aromatic heterocycles. The van der Waals surface area contributed by atoms with E-state index in [1.807, 2.05) is 63.2 Å². The van der Waals surface area contributed by atoms with Crippen molar-refractivity contribution in [3.8, 4) is 0 Å². The number of hydrogen-bond acceptors (Lipinski definition) is 4. The molecule has 0 saturated heterocycles. The predicted octanol–water partition coefficient (Wildman–Crippen LogP) is 4.40. The molecule has 0 saturated carbocycles. The normalized spacial score (nSPS) is 12.2. The van der Waals surface area contributed by atoms with E-state index in [0.29, 0.717) is 11.6 Å². The topological polar surface area (TPSA) is 49.4 Å². The van der Waals surface area contributed by atoms with Crippen molar-refractivity contribution in [3.63, 3.8) is 0 Å². The Morgan fingerprint density at radius 1 is 1.19 bits per heavy atom. The molecule has 1 aromatic carbocycles. The zero-order chi connectivity index (χ0) is 19.3. The van der Waals surface area contributed by atoms with Crippen LogP contribution in [0.5, 0.6) is 0 Å². The number of halogens is 1. The number of nitrogens with one attached hydrogen (secondary N) is 1. The fourth-order valence-electron chi connectivity index (χ4n) is 2.88. The van der Waals surface area contributed by atoms with Crippen LogP contribution in [0.4, 0.5) is 0 Å². The van der Waals surface area contributed by atoms with Gasteiger partial charge in [-0.2, -0.15) is 0 Å². The van der Waals surface area contributed by atoms with E-state index in [9.17, 15) is 9.59 Å². The summed E-state index contributed by atoms with van der Waals surface area (Å²) < 4.78 is 0. The Labute approximate surface area is 164 Å². The number of carbonyl (C=O) groups excluding carboxylic acids is 2. The van der Waals surface area contributed by atoms with E-state index >= 15 is 0 Å². The molecule has 0 aliphatic rings. The zero-order valence-electron chi connectivity index (χ0n) is 15.6. The van der Waals surface area contributed by atoms with Crippen LogP contribution in [0, 0.1) is 13.8 Å². The van der Waals surface area contributed by atoms with Gasteiger partial charge in [-0.3, -0.25) is 9.59 Å². The number of Topliss-reactive ketones (excluding diaryl/α,β-unsaturated/α-hetero) is 1. The molecule has 140 valence electrons. The van der Waals surface area contributed by atoms with E-state index in [1.165, 1.54) is 0 Å². The third kappa shape index (κ3) is 5.40. The van der Waals surface area contributed by atoms with Crippen LogP contribution in [0.15, 0.2) is 30.3 Å². The molecule has 1 N–H and O–H groups in total. The number of carbonyl (C=O) groups is 2. The third-order valence-electron chi connectivity index (χ3n) is 4.30. The molecule has 2 aromatic rings. The van der Waals surface area contributed by atoms with Gasteiger partial charge in [0.05, 0.1) is 6.04 Å². The highest BCUT2D eigenvalue weighted by Crippen LogP contribution is 2.25. The van der Waals surface area contributed by atoms with Gasteiger partial charge in [-0.25, -0.2) is 0 Å². The first-order chi connectivity index (χ1) is 12.3. The lowest BCUT2D eigenvalue weighted by atomic mass is 10.1. The van der Waals surface area contributed by atoms with Gasteiger partial charge in [0.2, 0.25) is 5.91 Å². The molecule has 1 unspecified atom stereocenters. The van der Waals surface area contributed by atoms with Crippen LogP contribution >= 0.6 is 22.9 Å². The van der Waals surface area contributed by atoms with Crippen LogP contribution in [0.1, 0.15) is 44.6 Å². The maximum absolute atomic E-state index is 12.3. The van der Waals surface area contributed by atoms with Crippen molar-refractivity contribution in [2.24, 2.45) is 0 Å². The summed E-state index contributed by atoms with van der Waals surface area (Å²) in [5.74, 6) is -0.0980. The van der Waals surface area contributed by atoms with E-state index in [0.717, 1.165) is 20.9 Å². The van der Waals surface area contributed by atoms with Crippen molar-refractivity contribution in [2.45, 2.75) is 32.7 Å². The van der Waals surface area contributed by atoms with Gasteiger partial charge in [0.15, 0.2) is 5.78 Å². The molecule has 1 atom stereocenters. The summed E-state index contributed by atoms with van der Waals surface area (Å²) in [6, 6.07) is 9.51. The minimum Gasteiger partial charge on any atom is -0.354 e. The summed E-state index contributed by atoms with van der Waals surface area (Å²) in [7, 11) is 3.90. The number of amides is 1. The van der Waals surface area contributed by atoms with Crippen LogP contribution in [0.25, 0.3) is 0 Å². The molecular weight excluding hydrogens is 368 g/mol.